The lowest BCUT2D eigenvalue weighted by Crippen LogP contribution is -2.29. The Kier molecular flexibility index (Phi) is 3.38. The first-order chi connectivity index (χ1) is 8.11. The van der Waals surface area contributed by atoms with Crippen molar-refractivity contribution in [3.63, 3.8) is 0 Å². The van der Waals surface area contributed by atoms with Crippen molar-refractivity contribution in [1.29, 1.82) is 0 Å². The number of anilines is 1. The molecular formula is C9H14N4O4. The van der Waals surface area contributed by atoms with Crippen molar-refractivity contribution in [1.82, 2.24) is 9.55 Å². The highest BCUT2D eigenvalue weighted by atomic mass is 16.6. The van der Waals surface area contributed by atoms with Crippen LogP contribution in [0.4, 0.5) is 5.82 Å². The average molecular weight is 242 g/mol. The van der Waals surface area contributed by atoms with Crippen molar-refractivity contribution < 1.29 is 14.7 Å². The van der Waals surface area contributed by atoms with Crippen LogP contribution < -0.4 is 17.3 Å². The molecule has 0 aromatic carbocycles. The second-order valence-electron chi connectivity index (χ2n) is 3.81. The fourth-order valence-electron chi connectivity index (χ4n) is 1.78. The number of nitrogens with two attached hydrogens (primary N) is 2. The van der Waals surface area contributed by atoms with Gasteiger partial charge in [-0.3, -0.25) is 4.57 Å². The molecule has 2 heterocycles. The number of nitrogen functional groups attached to an aromatic ring is 1. The van der Waals surface area contributed by atoms with Gasteiger partial charge in [-0.1, -0.05) is 0 Å². The Morgan fingerprint density at radius 1 is 1.71 bits per heavy atom. The molecule has 1 aliphatic heterocycles. The molecular weight excluding hydrogens is 228 g/mol. The number of hydrogen-bond donors (Lipinski definition) is 3. The topological polar surface area (TPSA) is 126 Å². The van der Waals surface area contributed by atoms with Gasteiger partial charge in [0.1, 0.15) is 18.1 Å². The zero-order valence-electron chi connectivity index (χ0n) is 9.02. The minimum atomic E-state index is -0.729. The average Bonchev–Trinajstić information content (AvgIpc) is 2.60. The van der Waals surface area contributed by atoms with E-state index in [4.69, 9.17) is 16.4 Å². The summed E-state index contributed by atoms with van der Waals surface area (Å²) in [5.74, 6) is 5.06. The summed E-state index contributed by atoms with van der Waals surface area (Å²) in [6, 6.07) is 1.49. The van der Waals surface area contributed by atoms with Crippen molar-refractivity contribution in [2.45, 2.75) is 24.9 Å². The van der Waals surface area contributed by atoms with Crippen molar-refractivity contribution in [3.8, 4) is 0 Å². The summed E-state index contributed by atoms with van der Waals surface area (Å²) in [5, 5.41) is 9.68. The fourth-order valence-corrected chi connectivity index (χ4v) is 1.78. The summed E-state index contributed by atoms with van der Waals surface area (Å²) in [7, 11) is 0. The molecule has 0 bridgehead atoms. The monoisotopic (exact) mass is 242 g/mol. The van der Waals surface area contributed by atoms with Crippen LogP contribution >= 0.6 is 0 Å². The lowest BCUT2D eigenvalue weighted by Gasteiger charge is -2.14. The van der Waals surface area contributed by atoms with Crippen LogP contribution in [0.5, 0.6) is 0 Å². The summed E-state index contributed by atoms with van der Waals surface area (Å²) >= 11 is 0. The molecule has 17 heavy (non-hydrogen) atoms. The number of aromatic nitrogens is 2. The maximum absolute atomic E-state index is 11.6. The molecule has 1 fully saturated rings. The van der Waals surface area contributed by atoms with Crippen LogP contribution in [-0.4, -0.2) is 33.5 Å². The van der Waals surface area contributed by atoms with Gasteiger partial charge in [-0.2, -0.15) is 4.98 Å². The van der Waals surface area contributed by atoms with E-state index in [1.807, 2.05) is 0 Å². The maximum atomic E-state index is 11.6. The zero-order chi connectivity index (χ0) is 12.4. The molecule has 1 aromatic rings. The minimum absolute atomic E-state index is 0.0643. The fraction of sp³-hybridized carbons (Fsp3) is 0.556. The van der Waals surface area contributed by atoms with E-state index in [2.05, 4.69) is 9.82 Å². The van der Waals surface area contributed by atoms with E-state index >= 15 is 0 Å². The highest BCUT2D eigenvalue weighted by molar-refractivity contribution is 5.23. The Balaban J connectivity index is 2.17. The quantitative estimate of drug-likeness (QED) is 0.543. The molecule has 2 rings (SSSR count). The summed E-state index contributed by atoms with van der Waals surface area (Å²) in [6.07, 6.45) is -0.0963. The Morgan fingerprint density at radius 3 is 3.12 bits per heavy atom. The Morgan fingerprint density at radius 2 is 2.47 bits per heavy atom. The molecule has 0 amide bonds. The molecule has 8 heteroatoms. The van der Waals surface area contributed by atoms with Crippen molar-refractivity contribution in [3.05, 3.63) is 22.7 Å². The third-order valence-corrected chi connectivity index (χ3v) is 2.63. The summed E-state index contributed by atoms with van der Waals surface area (Å²) in [5.41, 5.74) is 4.86. The van der Waals surface area contributed by atoms with E-state index in [0.717, 1.165) is 0 Å². The summed E-state index contributed by atoms with van der Waals surface area (Å²) in [6.45, 7) is 0.0643. The van der Waals surface area contributed by atoms with Gasteiger partial charge in [0, 0.05) is 12.6 Å². The molecule has 0 aliphatic carbocycles. The van der Waals surface area contributed by atoms with Gasteiger partial charge in [0.05, 0.1) is 12.7 Å². The van der Waals surface area contributed by atoms with E-state index < -0.39 is 24.1 Å². The highest BCUT2D eigenvalue weighted by Gasteiger charge is 2.35. The van der Waals surface area contributed by atoms with Crippen molar-refractivity contribution in [2.24, 2.45) is 5.90 Å². The Labute approximate surface area is 96.7 Å². The van der Waals surface area contributed by atoms with Gasteiger partial charge < -0.3 is 20.4 Å². The minimum Gasteiger partial charge on any atom is -0.390 e. The van der Waals surface area contributed by atoms with E-state index in [1.54, 1.807) is 0 Å². The van der Waals surface area contributed by atoms with Crippen LogP contribution in [0.25, 0.3) is 0 Å². The largest absolute Gasteiger partial charge is 0.390 e. The number of rotatable bonds is 3. The number of hydrogen-bond acceptors (Lipinski definition) is 7. The van der Waals surface area contributed by atoms with Crippen LogP contribution in [0.3, 0.4) is 0 Å². The molecule has 94 valence electrons. The molecule has 1 aromatic heterocycles. The van der Waals surface area contributed by atoms with Crippen LogP contribution in [0.1, 0.15) is 12.6 Å². The third kappa shape index (κ3) is 2.44. The number of nitrogens with zero attached hydrogens (tertiary/aromatic N) is 2. The van der Waals surface area contributed by atoms with Gasteiger partial charge in [0.2, 0.25) is 0 Å². The lowest BCUT2D eigenvalue weighted by atomic mass is 10.2. The van der Waals surface area contributed by atoms with Crippen LogP contribution in [-0.2, 0) is 9.57 Å². The summed E-state index contributed by atoms with van der Waals surface area (Å²) in [4.78, 5) is 19.6. The van der Waals surface area contributed by atoms with Gasteiger partial charge in [-0.05, 0) is 6.07 Å². The normalized spacial score (nSPS) is 28.5. The number of aliphatic hydroxyl groups excluding tert-OH is 1. The van der Waals surface area contributed by atoms with E-state index in [9.17, 15) is 9.90 Å². The molecule has 0 spiro atoms. The predicted octanol–water partition coefficient (Wildman–Crippen LogP) is -1.64. The van der Waals surface area contributed by atoms with Gasteiger partial charge in [-0.15, -0.1) is 0 Å². The lowest BCUT2D eigenvalue weighted by molar-refractivity contribution is -0.0641. The number of aliphatic hydroxyl groups is 1. The Hall–Kier alpha value is -1.48. The van der Waals surface area contributed by atoms with Crippen LogP contribution in [0.2, 0.25) is 0 Å². The zero-order valence-corrected chi connectivity index (χ0v) is 9.02. The second kappa shape index (κ2) is 4.80. The maximum Gasteiger partial charge on any atom is 0.351 e. The van der Waals surface area contributed by atoms with Crippen LogP contribution in [0.15, 0.2) is 17.1 Å². The molecule has 8 nitrogen and oxygen atoms in total. The highest BCUT2D eigenvalue weighted by Crippen LogP contribution is 2.27. The first kappa shape index (κ1) is 12.0. The molecule has 0 radical (unpaired) electrons. The third-order valence-electron chi connectivity index (χ3n) is 2.63. The molecule has 1 aliphatic rings. The van der Waals surface area contributed by atoms with Gasteiger partial charge >= 0.3 is 5.69 Å². The SMILES string of the molecule is NOC[C@H]1O[C@@H](n2ccc(N)nc2=O)CC1O. The van der Waals surface area contributed by atoms with Gasteiger partial charge in [0.25, 0.3) is 0 Å². The van der Waals surface area contributed by atoms with Crippen LogP contribution in [0, 0.1) is 0 Å². The summed E-state index contributed by atoms with van der Waals surface area (Å²) < 4.78 is 6.72. The molecule has 1 saturated heterocycles. The van der Waals surface area contributed by atoms with E-state index in [-0.39, 0.29) is 18.8 Å². The standard InChI is InChI=1S/C9H14N4O4/c10-7-1-2-13(9(15)12-7)8-3-5(14)6(17-8)4-16-11/h1-2,5-6,8,14H,3-4,11H2,(H2,10,12,15)/t5?,6-,8-/m1/s1. The van der Waals surface area contributed by atoms with Crippen molar-refractivity contribution >= 4 is 5.82 Å². The second-order valence-corrected chi connectivity index (χ2v) is 3.81. The van der Waals surface area contributed by atoms with E-state index in [1.165, 1.54) is 16.8 Å². The first-order valence-electron chi connectivity index (χ1n) is 5.11. The smallest absolute Gasteiger partial charge is 0.351 e. The first-order valence-corrected chi connectivity index (χ1v) is 5.11. The molecule has 3 atom stereocenters. The van der Waals surface area contributed by atoms with Crippen molar-refractivity contribution in [2.75, 3.05) is 12.3 Å². The Bertz CT molecular complexity index is 449. The van der Waals surface area contributed by atoms with Gasteiger partial charge in [-0.25, -0.2) is 10.7 Å². The van der Waals surface area contributed by atoms with E-state index in [0.29, 0.717) is 0 Å². The predicted molar refractivity (Wildman–Crippen MR) is 57.6 cm³/mol. The molecule has 0 saturated carbocycles. The molecule has 1 unspecified atom stereocenters. The van der Waals surface area contributed by atoms with Gasteiger partial charge in [0.15, 0.2) is 0 Å². The number of ether oxygens (including phenoxy) is 1. The molecule has 5 N–H and O–H groups in total.